The molecule has 0 saturated heterocycles. The molecule has 0 aromatic heterocycles. The van der Waals surface area contributed by atoms with Crippen LogP contribution in [0.25, 0.3) is 0 Å². The Labute approximate surface area is 121 Å². The van der Waals surface area contributed by atoms with Crippen LogP contribution >= 0.6 is 22.6 Å². The minimum atomic E-state index is -3.47. The number of hydrogen-bond donors (Lipinski definition) is 1. The molecule has 1 amide bonds. The van der Waals surface area contributed by atoms with Gasteiger partial charge in [0.15, 0.2) is 0 Å². The summed E-state index contributed by atoms with van der Waals surface area (Å²) in [6.45, 7) is 2.06. The van der Waals surface area contributed by atoms with Gasteiger partial charge in [0.05, 0.1) is 11.9 Å². The van der Waals surface area contributed by atoms with Crippen LogP contribution in [0.1, 0.15) is 6.92 Å². The largest absolute Gasteiger partial charge is 0.355 e. The maximum Gasteiger partial charge on any atom is 0.240 e. The molecule has 5 nitrogen and oxygen atoms in total. The van der Waals surface area contributed by atoms with Gasteiger partial charge in [0.2, 0.25) is 15.9 Å². The Hall–Kier alpha value is -0.830. The fraction of sp³-hybridized carbons (Fsp3) is 0.364. The lowest BCUT2D eigenvalue weighted by Crippen LogP contribution is -2.40. The molecule has 0 unspecified atom stereocenters. The molecule has 0 aliphatic carbocycles. The highest BCUT2D eigenvalue weighted by Gasteiger charge is 2.20. The number of halogens is 1. The fourth-order valence-electron chi connectivity index (χ4n) is 1.39. The van der Waals surface area contributed by atoms with E-state index in [1.54, 1.807) is 31.2 Å². The van der Waals surface area contributed by atoms with Gasteiger partial charge in [-0.1, -0.05) is 0 Å². The zero-order valence-corrected chi connectivity index (χ0v) is 13.2. The molecule has 0 fully saturated rings. The second-order valence-electron chi connectivity index (χ2n) is 3.70. The van der Waals surface area contributed by atoms with Crippen LogP contribution in [0.15, 0.2) is 24.3 Å². The van der Waals surface area contributed by atoms with E-state index in [4.69, 9.17) is 0 Å². The number of sulfonamides is 1. The van der Waals surface area contributed by atoms with Gasteiger partial charge in [-0.15, -0.1) is 0 Å². The Kier molecular flexibility index (Phi) is 5.39. The maximum absolute atomic E-state index is 11.7. The molecule has 0 radical (unpaired) electrons. The third-order valence-corrected chi connectivity index (χ3v) is 4.04. The third kappa shape index (κ3) is 4.45. The third-order valence-electron chi connectivity index (χ3n) is 2.18. The molecule has 7 heteroatoms. The number of hydrogen-bond acceptors (Lipinski definition) is 3. The van der Waals surface area contributed by atoms with Gasteiger partial charge >= 0.3 is 0 Å². The number of rotatable bonds is 5. The quantitative estimate of drug-likeness (QED) is 0.779. The van der Waals surface area contributed by atoms with Crippen molar-refractivity contribution < 1.29 is 13.2 Å². The summed E-state index contributed by atoms with van der Waals surface area (Å²) in [6, 6.07) is 6.96. The Bertz CT molecular complexity index is 514. The molecule has 18 heavy (non-hydrogen) atoms. The van der Waals surface area contributed by atoms with Gasteiger partial charge in [-0.25, -0.2) is 8.42 Å². The van der Waals surface area contributed by atoms with Crippen LogP contribution in [0.3, 0.4) is 0 Å². The molecule has 1 rings (SSSR count). The SMILES string of the molecule is CCNC(=O)CN(c1ccc(I)cc1)S(C)(=O)=O. The summed E-state index contributed by atoms with van der Waals surface area (Å²) in [7, 11) is -3.47. The minimum Gasteiger partial charge on any atom is -0.355 e. The number of nitrogens with zero attached hydrogens (tertiary/aromatic N) is 1. The van der Waals surface area contributed by atoms with Crippen molar-refractivity contribution >= 4 is 44.2 Å². The standard InChI is InChI=1S/C11H15IN2O3S/c1-3-13-11(15)8-14(18(2,16)17)10-6-4-9(12)5-7-10/h4-7H,3,8H2,1-2H3,(H,13,15). The molecular weight excluding hydrogens is 367 g/mol. The second-order valence-corrected chi connectivity index (χ2v) is 6.85. The van der Waals surface area contributed by atoms with Gasteiger partial charge in [-0.2, -0.15) is 0 Å². The monoisotopic (exact) mass is 382 g/mol. The minimum absolute atomic E-state index is 0.201. The summed E-state index contributed by atoms with van der Waals surface area (Å²) < 4.78 is 25.5. The summed E-state index contributed by atoms with van der Waals surface area (Å²) in [4.78, 5) is 11.5. The summed E-state index contributed by atoms with van der Waals surface area (Å²) in [5.41, 5.74) is 0.490. The number of benzene rings is 1. The number of nitrogens with one attached hydrogen (secondary N) is 1. The van der Waals surface area contributed by atoms with Crippen molar-refractivity contribution in [2.75, 3.05) is 23.7 Å². The van der Waals surface area contributed by atoms with Gasteiger partial charge in [-0.3, -0.25) is 9.10 Å². The lowest BCUT2D eigenvalue weighted by atomic mass is 10.3. The van der Waals surface area contributed by atoms with Crippen LogP contribution in [0.2, 0.25) is 0 Å². The molecule has 1 N–H and O–H groups in total. The molecule has 0 aliphatic heterocycles. The Morgan fingerprint density at radius 2 is 1.89 bits per heavy atom. The van der Waals surface area contributed by atoms with E-state index in [1.807, 2.05) is 0 Å². The molecule has 0 bridgehead atoms. The van der Waals surface area contributed by atoms with Crippen LogP contribution in [0.4, 0.5) is 5.69 Å². The van der Waals surface area contributed by atoms with Crippen molar-refractivity contribution in [2.45, 2.75) is 6.92 Å². The van der Waals surface area contributed by atoms with Crippen LogP contribution in [0, 0.1) is 3.57 Å². The van der Waals surface area contributed by atoms with E-state index in [0.717, 1.165) is 14.1 Å². The molecule has 0 atom stereocenters. The van der Waals surface area contributed by atoms with E-state index in [1.165, 1.54) is 0 Å². The Balaban J connectivity index is 3.00. The average Bonchev–Trinajstić information content (AvgIpc) is 2.26. The van der Waals surface area contributed by atoms with Crippen LogP contribution in [0.5, 0.6) is 0 Å². The van der Waals surface area contributed by atoms with E-state index in [-0.39, 0.29) is 12.5 Å². The molecule has 1 aromatic carbocycles. The van der Waals surface area contributed by atoms with Gasteiger partial charge in [0.1, 0.15) is 6.54 Å². The normalized spacial score (nSPS) is 11.1. The lowest BCUT2D eigenvalue weighted by molar-refractivity contribution is -0.119. The van der Waals surface area contributed by atoms with Crippen molar-refractivity contribution in [1.29, 1.82) is 0 Å². The first-order valence-corrected chi connectivity index (χ1v) is 8.27. The summed E-state index contributed by atoms with van der Waals surface area (Å²) in [6.07, 6.45) is 1.09. The predicted octanol–water partition coefficient (Wildman–Crippen LogP) is 1.19. The molecule has 0 heterocycles. The number of anilines is 1. The summed E-state index contributed by atoms with van der Waals surface area (Å²) in [5.74, 6) is -0.318. The number of amides is 1. The van der Waals surface area contributed by atoms with Gasteiger partial charge < -0.3 is 5.32 Å². The smallest absolute Gasteiger partial charge is 0.240 e. The topological polar surface area (TPSA) is 66.5 Å². The van der Waals surface area contributed by atoms with Gasteiger partial charge in [0, 0.05) is 10.1 Å². The van der Waals surface area contributed by atoms with Gasteiger partial charge in [0.25, 0.3) is 0 Å². The zero-order valence-electron chi connectivity index (χ0n) is 10.2. The summed E-state index contributed by atoms with van der Waals surface area (Å²) in [5, 5.41) is 2.58. The molecule has 1 aromatic rings. The van der Waals surface area contributed by atoms with Crippen molar-refractivity contribution in [1.82, 2.24) is 5.32 Å². The highest BCUT2D eigenvalue weighted by Crippen LogP contribution is 2.18. The van der Waals surface area contributed by atoms with E-state index in [2.05, 4.69) is 27.9 Å². The van der Waals surface area contributed by atoms with E-state index >= 15 is 0 Å². The van der Waals surface area contributed by atoms with Crippen molar-refractivity contribution in [2.24, 2.45) is 0 Å². The first-order chi connectivity index (χ1) is 8.34. The van der Waals surface area contributed by atoms with Gasteiger partial charge in [-0.05, 0) is 53.8 Å². The molecule has 0 saturated carbocycles. The van der Waals surface area contributed by atoms with E-state index in [0.29, 0.717) is 12.2 Å². The first-order valence-electron chi connectivity index (χ1n) is 5.34. The molecule has 100 valence electrons. The lowest BCUT2D eigenvalue weighted by Gasteiger charge is -2.21. The molecular formula is C11H15IN2O3S. The Morgan fingerprint density at radius 1 is 1.33 bits per heavy atom. The van der Waals surface area contributed by atoms with Crippen molar-refractivity contribution in [3.8, 4) is 0 Å². The van der Waals surface area contributed by atoms with Crippen molar-refractivity contribution in [3.63, 3.8) is 0 Å². The van der Waals surface area contributed by atoms with Crippen LogP contribution < -0.4 is 9.62 Å². The maximum atomic E-state index is 11.7. The average molecular weight is 382 g/mol. The number of carbonyl (C=O) groups excluding carboxylic acids is 1. The highest BCUT2D eigenvalue weighted by molar-refractivity contribution is 14.1. The molecule has 0 aliphatic rings. The fourth-order valence-corrected chi connectivity index (χ4v) is 2.61. The Morgan fingerprint density at radius 3 is 2.33 bits per heavy atom. The number of carbonyl (C=O) groups is 1. The van der Waals surface area contributed by atoms with Crippen LogP contribution in [-0.4, -0.2) is 33.7 Å². The number of likely N-dealkylation sites (N-methyl/N-ethyl adjacent to an activating group) is 1. The zero-order chi connectivity index (χ0) is 13.8. The van der Waals surface area contributed by atoms with Crippen molar-refractivity contribution in [3.05, 3.63) is 27.8 Å². The van der Waals surface area contributed by atoms with E-state index < -0.39 is 10.0 Å². The van der Waals surface area contributed by atoms with Crippen LogP contribution in [-0.2, 0) is 14.8 Å². The highest BCUT2D eigenvalue weighted by atomic mass is 127. The van der Waals surface area contributed by atoms with E-state index in [9.17, 15) is 13.2 Å². The summed E-state index contributed by atoms with van der Waals surface area (Å²) >= 11 is 2.13. The second kappa shape index (κ2) is 6.37. The molecule has 0 spiro atoms. The first kappa shape index (κ1) is 15.2. The predicted molar refractivity (Wildman–Crippen MR) is 80.0 cm³/mol.